The Morgan fingerprint density at radius 3 is 2.64 bits per heavy atom. The molecule has 0 spiro atoms. The van der Waals surface area contributed by atoms with Crippen LogP contribution in [0.4, 0.5) is 5.82 Å². The molecular weight excluding hydrogens is 352 g/mol. The first-order valence-corrected chi connectivity index (χ1v) is 10.8. The largest absolute Gasteiger partial charge is 0.369 e. The Kier molecular flexibility index (Phi) is 7.43. The van der Waals surface area contributed by atoms with Gasteiger partial charge in [0.15, 0.2) is 0 Å². The molecule has 6 heteroatoms. The molecule has 2 saturated heterocycles. The normalized spacial score (nSPS) is 20.5. The molecule has 2 fully saturated rings. The van der Waals surface area contributed by atoms with Crippen LogP contribution in [-0.4, -0.2) is 65.7 Å². The van der Waals surface area contributed by atoms with Crippen molar-refractivity contribution in [2.24, 2.45) is 11.8 Å². The Hall–Kier alpha value is -1.95. The van der Waals surface area contributed by atoms with E-state index < -0.39 is 0 Å². The minimum atomic E-state index is -0.0156. The number of amides is 1. The van der Waals surface area contributed by atoms with Gasteiger partial charge in [0.2, 0.25) is 0 Å². The zero-order chi connectivity index (χ0) is 19.9. The molecule has 1 aromatic heterocycles. The zero-order valence-electron chi connectivity index (χ0n) is 17.3. The molecule has 0 unspecified atom stereocenters. The number of likely N-dealkylation sites (tertiary alicyclic amines) is 2. The van der Waals surface area contributed by atoms with Gasteiger partial charge >= 0.3 is 0 Å². The number of nitrogens with zero attached hydrogens (tertiary/aromatic N) is 3. The Labute approximate surface area is 168 Å². The van der Waals surface area contributed by atoms with Gasteiger partial charge in [0, 0.05) is 44.7 Å². The molecule has 3 rings (SSSR count). The molecule has 2 aliphatic rings. The van der Waals surface area contributed by atoms with E-state index in [-0.39, 0.29) is 11.8 Å². The first kappa shape index (κ1) is 20.8. The fraction of sp³-hybridized carbons (Fsp3) is 0.682. The molecular formula is C22H34N4O2. The van der Waals surface area contributed by atoms with Crippen molar-refractivity contribution in [1.82, 2.24) is 14.8 Å². The minimum absolute atomic E-state index is 0.0143. The molecule has 1 aromatic rings. The second-order valence-corrected chi connectivity index (χ2v) is 8.56. The monoisotopic (exact) mass is 386 g/mol. The summed E-state index contributed by atoms with van der Waals surface area (Å²) < 4.78 is 0. The average Bonchev–Trinajstić information content (AvgIpc) is 3.21. The maximum absolute atomic E-state index is 12.8. The second-order valence-electron chi connectivity index (χ2n) is 8.56. The van der Waals surface area contributed by atoms with Crippen LogP contribution in [0.25, 0.3) is 0 Å². The van der Waals surface area contributed by atoms with Crippen molar-refractivity contribution >= 4 is 17.5 Å². The van der Waals surface area contributed by atoms with Gasteiger partial charge in [-0.25, -0.2) is 4.98 Å². The summed E-state index contributed by atoms with van der Waals surface area (Å²) in [6.07, 6.45) is 6.65. The molecule has 0 aliphatic carbocycles. The van der Waals surface area contributed by atoms with E-state index in [4.69, 9.17) is 0 Å². The zero-order valence-corrected chi connectivity index (χ0v) is 17.3. The standard InChI is InChI=1S/C22H34N4O2/c1-17(2)14-20(27)19-6-5-12-26(16-19)22(28)18-7-8-21(24-15-18)23-9-13-25-10-3-4-11-25/h7-8,15,17,19H,3-6,9-14,16H2,1-2H3,(H,23,24)/t19-/m1/s1. The van der Waals surface area contributed by atoms with Crippen LogP contribution in [0, 0.1) is 11.8 Å². The number of piperidine rings is 1. The van der Waals surface area contributed by atoms with Crippen LogP contribution in [-0.2, 0) is 4.79 Å². The van der Waals surface area contributed by atoms with Crippen molar-refractivity contribution in [2.75, 3.05) is 44.6 Å². The van der Waals surface area contributed by atoms with Crippen molar-refractivity contribution < 1.29 is 9.59 Å². The van der Waals surface area contributed by atoms with Crippen LogP contribution in [0.2, 0.25) is 0 Å². The van der Waals surface area contributed by atoms with E-state index in [1.54, 1.807) is 6.20 Å². The minimum Gasteiger partial charge on any atom is -0.369 e. The lowest BCUT2D eigenvalue weighted by molar-refractivity contribution is -0.124. The highest BCUT2D eigenvalue weighted by molar-refractivity contribution is 5.94. The first-order chi connectivity index (χ1) is 13.5. The van der Waals surface area contributed by atoms with Gasteiger partial charge in [0.25, 0.3) is 5.91 Å². The van der Waals surface area contributed by atoms with Crippen molar-refractivity contribution in [1.29, 1.82) is 0 Å². The van der Waals surface area contributed by atoms with Crippen molar-refractivity contribution in [2.45, 2.75) is 46.0 Å². The van der Waals surface area contributed by atoms with Gasteiger partial charge in [-0.1, -0.05) is 13.8 Å². The van der Waals surface area contributed by atoms with Gasteiger partial charge in [-0.2, -0.15) is 0 Å². The second kappa shape index (κ2) is 10.0. The predicted octanol–water partition coefficient (Wildman–Crippen LogP) is 3.06. The van der Waals surface area contributed by atoms with E-state index in [9.17, 15) is 9.59 Å². The number of anilines is 1. The lowest BCUT2D eigenvalue weighted by atomic mass is 9.89. The third kappa shape index (κ3) is 5.77. The molecule has 1 atom stereocenters. The molecule has 0 radical (unpaired) electrons. The van der Waals surface area contributed by atoms with E-state index in [0.29, 0.717) is 30.2 Å². The number of ketones is 1. The third-order valence-electron chi connectivity index (χ3n) is 5.72. The number of Topliss-reactive ketones (excluding diaryl/α,β-unsaturated/α-hetero) is 1. The highest BCUT2D eigenvalue weighted by Crippen LogP contribution is 2.22. The maximum atomic E-state index is 12.8. The fourth-order valence-electron chi connectivity index (χ4n) is 4.15. The lowest BCUT2D eigenvalue weighted by Crippen LogP contribution is -2.42. The number of pyridine rings is 1. The van der Waals surface area contributed by atoms with Gasteiger partial charge in [0.1, 0.15) is 11.6 Å². The molecule has 0 saturated carbocycles. The molecule has 6 nitrogen and oxygen atoms in total. The van der Waals surface area contributed by atoms with E-state index >= 15 is 0 Å². The summed E-state index contributed by atoms with van der Waals surface area (Å²) in [5.41, 5.74) is 0.599. The Bertz CT molecular complexity index is 653. The number of nitrogens with one attached hydrogen (secondary N) is 1. The molecule has 3 heterocycles. The predicted molar refractivity (Wildman–Crippen MR) is 111 cm³/mol. The third-order valence-corrected chi connectivity index (χ3v) is 5.72. The number of aromatic nitrogens is 1. The van der Waals surface area contributed by atoms with E-state index in [1.165, 1.54) is 25.9 Å². The number of carbonyl (C=O) groups is 2. The summed E-state index contributed by atoms with van der Waals surface area (Å²) in [6.45, 7) is 9.68. The van der Waals surface area contributed by atoms with Gasteiger partial charge in [-0.3, -0.25) is 9.59 Å². The topological polar surface area (TPSA) is 65.5 Å². The van der Waals surface area contributed by atoms with Crippen LogP contribution in [0.5, 0.6) is 0 Å². The first-order valence-electron chi connectivity index (χ1n) is 10.8. The molecule has 0 bridgehead atoms. The summed E-state index contributed by atoms with van der Waals surface area (Å²) in [4.78, 5) is 33.9. The van der Waals surface area contributed by atoms with E-state index in [2.05, 4.69) is 29.0 Å². The van der Waals surface area contributed by atoms with Crippen LogP contribution in [0.15, 0.2) is 18.3 Å². The van der Waals surface area contributed by atoms with Crippen molar-refractivity contribution in [3.05, 3.63) is 23.9 Å². The SMILES string of the molecule is CC(C)CC(=O)[C@@H]1CCCN(C(=O)c2ccc(NCCN3CCCC3)nc2)C1. The molecule has 2 aliphatic heterocycles. The fourth-order valence-corrected chi connectivity index (χ4v) is 4.15. The average molecular weight is 387 g/mol. The van der Waals surface area contributed by atoms with Gasteiger partial charge in [-0.15, -0.1) is 0 Å². The highest BCUT2D eigenvalue weighted by Gasteiger charge is 2.29. The highest BCUT2D eigenvalue weighted by atomic mass is 16.2. The Morgan fingerprint density at radius 2 is 1.96 bits per heavy atom. The quantitative estimate of drug-likeness (QED) is 0.744. The van der Waals surface area contributed by atoms with Crippen LogP contribution >= 0.6 is 0 Å². The Morgan fingerprint density at radius 1 is 1.18 bits per heavy atom. The molecule has 154 valence electrons. The number of rotatable bonds is 8. The number of hydrogen-bond donors (Lipinski definition) is 1. The smallest absolute Gasteiger partial charge is 0.255 e. The molecule has 0 aromatic carbocycles. The number of carbonyl (C=O) groups excluding carboxylic acids is 2. The molecule has 1 amide bonds. The van der Waals surface area contributed by atoms with E-state index in [0.717, 1.165) is 38.3 Å². The number of hydrogen-bond acceptors (Lipinski definition) is 5. The van der Waals surface area contributed by atoms with Crippen molar-refractivity contribution in [3.8, 4) is 0 Å². The van der Waals surface area contributed by atoms with Gasteiger partial charge in [-0.05, 0) is 56.8 Å². The maximum Gasteiger partial charge on any atom is 0.255 e. The van der Waals surface area contributed by atoms with Crippen LogP contribution in [0.3, 0.4) is 0 Å². The van der Waals surface area contributed by atoms with Gasteiger partial charge in [0.05, 0.1) is 5.56 Å². The Balaban J connectivity index is 1.49. The summed E-state index contributed by atoms with van der Waals surface area (Å²) in [7, 11) is 0. The molecule has 28 heavy (non-hydrogen) atoms. The summed E-state index contributed by atoms with van der Waals surface area (Å²) in [5.74, 6) is 1.44. The van der Waals surface area contributed by atoms with Crippen molar-refractivity contribution in [3.63, 3.8) is 0 Å². The lowest BCUT2D eigenvalue weighted by Gasteiger charge is -2.32. The van der Waals surface area contributed by atoms with Gasteiger partial charge < -0.3 is 15.1 Å². The van der Waals surface area contributed by atoms with E-state index in [1.807, 2.05) is 17.0 Å². The summed E-state index contributed by atoms with van der Waals surface area (Å²) in [6, 6.07) is 3.72. The summed E-state index contributed by atoms with van der Waals surface area (Å²) >= 11 is 0. The van der Waals surface area contributed by atoms with Crippen LogP contribution < -0.4 is 5.32 Å². The molecule has 1 N–H and O–H groups in total. The summed E-state index contributed by atoms with van der Waals surface area (Å²) in [5, 5.41) is 3.34. The van der Waals surface area contributed by atoms with Crippen LogP contribution in [0.1, 0.15) is 56.3 Å².